The summed E-state index contributed by atoms with van der Waals surface area (Å²) in [5.41, 5.74) is 0. The molecule has 0 radical (unpaired) electrons. The van der Waals surface area contributed by atoms with E-state index in [9.17, 15) is 9.32 Å². The van der Waals surface area contributed by atoms with Crippen molar-refractivity contribution in [1.29, 1.82) is 0 Å². The molecule has 0 aromatic carbocycles. The molecule has 2 aliphatic rings. The van der Waals surface area contributed by atoms with E-state index >= 15 is 0 Å². The van der Waals surface area contributed by atoms with Crippen LogP contribution in [0, 0.1) is 0 Å². The second-order valence-corrected chi connectivity index (χ2v) is 6.09. The van der Waals surface area contributed by atoms with E-state index in [2.05, 4.69) is 5.32 Å². The minimum absolute atomic E-state index is 0.151. The highest BCUT2D eigenvalue weighted by Crippen LogP contribution is 2.21. The number of hydrogen-bond donors (Lipinski definition) is 2. The van der Waals surface area contributed by atoms with Gasteiger partial charge >= 0.3 is 0 Å². The van der Waals surface area contributed by atoms with Gasteiger partial charge in [-0.2, -0.15) is 0 Å². The first kappa shape index (κ1) is 10.6. The third-order valence-corrected chi connectivity index (χ3v) is 4.70. The van der Waals surface area contributed by atoms with Crippen LogP contribution in [-0.2, 0) is 10.8 Å². The quantitative estimate of drug-likeness (QED) is 0.704. The SMILES string of the molecule is O=S1CCC(N[C@@H]2CCC[C@H]2O)CC1. The molecule has 1 saturated heterocycles. The molecule has 4 heteroatoms. The maximum absolute atomic E-state index is 11.1. The molecule has 14 heavy (non-hydrogen) atoms. The Labute approximate surface area is 87.7 Å². The predicted molar refractivity (Wildman–Crippen MR) is 57.7 cm³/mol. The lowest BCUT2D eigenvalue weighted by molar-refractivity contribution is 0.141. The van der Waals surface area contributed by atoms with Gasteiger partial charge in [0.15, 0.2) is 0 Å². The van der Waals surface area contributed by atoms with Crippen molar-refractivity contribution >= 4 is 10.8 Å². The van der Waals surface area contributed by atoms with Gasteiger partial charge in [0.1, 0.15) is 0 Å². The Morgan fingerprint density at radius 2 is 1.86 bits per heavy atom. The molecule has 82 valence electrons. The first-order valence-electron chi connectivity index (χ1n) is 5.55. The topological polar surface area (TPSA) is 49.3 Å². The average molecular weight is 217 g/mol. The zero-order chi connectivity index (χ0) is 9.97. The van der Waals surface area contributed by atoms with Crippen molar-refractivity contribution in [2.75, 3.05) is 11.5 Å². The van der Waals surface area contributed by atoms with Crippen molar-refractivity contribution in [1.82, 2.24) is 5.32 Å². The van der Waals surface area contributed by atoms with Crippen molar-refractivity contribution in [3.05, 3.63) is 0 Å². The molecule has 1 heterocycles. The zero-order valence-corrected chi connectivity index (χ0v) is 9.26. The van der Waals surface area contributed by atoms with Gasteiger partial charge in [0.05, 0.1) is 6.10 Å². The number of hydrogen-bond acceptors (Lipinski definition) is 3. The van der Waals surface area contributed by atoms with E-state index < -0.39 is 10.8 Å². The lowest BCUT2D eigenvalue weighted by atomic mass is 10.1. The fraction of sp³-hybridized carbons (Fsp3) is 1.00. The first-order chi connectivity index (χ1) is 6.75. The smallest absolute Gasteiger partial charge is 0.0693 e. The van der Waals surface area contributed by atoms with Gasteiger partial charge in [0, 0.05) is 34.4 Å². The molecule has 2 rings (SSSR count). The van der Waals surface area contributed by atoms with Gasteiger partial charge in [-0.05, 0) is 32.1 Å². The monoisotopic (exact) mass is 217 g/mol. The average Bonchev–Trinajstić information content (AvgIpc) is 2.56. The minimum atomic E-state index is -0.575. The lowest BCUT2D eigenvalue weighted by Gasteiger charge is -2.27. The maximum atomic E-state index is 11.1. The first-order valence-corrected chi connectivity index (χ1v) is 7.03. The van der Waals surface area contributed by atoms with Crippen molar-refractivity contribution in [2.24, 2.45) is 0 Å². The second kappa shape index (κ2) is 4.73. The molecule has 0 spiro atoms. The summed E-state index contributed by atoms with van der Waals surface area (Å²) in [7, 11) is -0.575. The Kier molecular flexibility index (Phi) is 3.57. The van der Waals surface area contributed by atoms with Crippen LogP contribution in [0.1, 0.15) is 32.1 Å². The fourth-order valence-electron chi connectivity index (χ4n) is 2.40. The number of aliphatic hydroxyl groups excluding tert-OH is 1. The van der Waals surface area contributed by atoms with Crippen LogP contribution < -0.4 is 5.32 Å². The van der Waals surface area contributed by atoms with E-state index in [0.29, 0.717) is 12.1 Å². The molecule has 1 saturated carbocycles. The summed E-state index contributed by atoms with van der Waals surface area (Å²) >= 11 is 0. The van der Waals surface area contributed by atoms with Crippen LogP contribution in [0.4, 0.5) is 0 Å². The molecule has 2 fully saturated rings. The van der Waals surface area contributed by atoms with Crippen LogP contribution in [0.3, 0.4) is 0 Å². The van der Waals surface area contributed by atoms with Crippen molar-refractivity contribution in [3.63, 3.8) is 0 Å². The molecular formula is C10H19NO2S. The minimum Gasteiger partial charge on any atom is -0.392 e. The van der Waals surface area contributed by atoms with Crippen LogP contribution in [0.5, 0.6) is 0 Å². The van der Waals surface area contributed by atoms with E-state index in [4.69, 9.17) is 0 Å². The Hall–Kier alpha value is 0.0700. The van der Waals surface area contributed by atoms with E-state index in [1.54, 1.807) is 0 Å². The predicted octanol–water partition coefficient (Wildman–Crippen LogP) is 0.400. The van der Waals surface area contributed by atoms with Gasteiger partial charge in [0.2, 0.25) is 0 Å². The number of nitrogens with one attached hydrogen (secondary N) is 1. The van der Waals surface area contributed by atoms with Crippen molar-refractivity contribution in [3.8, 4) is 0 Å². The van der Waals surface area contributed by atoms with Gasteiger partial charge in [-0.1, -0.05) is 0 Å². The lowest BCUT2D eigenvalue weighted by Crippen LogP contribution is -2.45. The van der Waals surface area contributed by atoms with Gasteiger partial charge in [0.25, 0.3) is 0 Å². The third-order valence-electron chi connectivity index (χ3n) is 3.32. The summed E-state index contributed by atoms with van der Waals surface area (Å²) in [5, 5.41) is 13.2. The highest BCUT2D eigenvalue weighted by molar-refractivity contribution is 7.85. The largest absolute Gasteiger partial charge is 0.392 e. The summed E-state index contributed by atoms with van der Waals surface area (Å²) in [5.74, 6) is 1.67. The van der Waals surface area contributed by atoms with Crippen molar-refractivity contribution < 1.29 is 9.32 Å². The fourth-order valence-corrected chi connectivity index (χ4v) is 3.70. The van der Waals surface area contributed by atoms with Gasteiger partial charge in [-0.3, -0.25) is 4.21 Å². The number of aliphatic hydroxyl groups is 1. The molecular weight excluding hydrogens is 198 g/mol. The molecule has 0 aromatic rings. The van der Waals surface area contributed by atoms with E-state index in [0.717, 1.165) is 43.6 Å². The van der Waals surface area contributed by atoms with Gasteiger partial charge < -0.3 is 10.4 Å². The molecule has 0 bridgehead atoms. The summed E-state index contributed by atoms with van der Waals surface area (Å²) in [4.78, 5) is 0. The molecule has 2 atom stereocenters. The van der Waals surface area contributed by atoms with Gasteiger partial charge in [-0.25, -0.2) is 0 Å². The van der Waals surface area contributed by atoms with Gasteiger partial charge in [-0.15, -0.1) is 0 Å². The number of rotatable bonds is 2. The van der Waals surface area contributed by atoms with Crippen LogP contribution in [-0.4, -0.2) is 39.0 Å². The summed E-state index contributed by atoms with van der Waals surface area (Å²) < 4.78 is 11.1. The molecule has 0 aromatic heterocycles. The highest BCUT2D eigenvalue weighted by Gasteiger charge is 2.28. The summed E-state index contributed by atoms with van der Waals surface area (Å²) in [6, 6.07) is 0.789. The Morgan fingerprint density at radius 3 is 2.43 bits per heavy atom. The van der Waals surface area contributed by atoms with Crippen LogP contribution in [0.25, 0.3) is 0 Å². The van der Waals surface area contributed by atoms with Crippen LogP contribution >= 0.6 is 0 Å². The highest BCUT2D eigenvalue weighted by atomic mass is 32.2. The van der Waals surface area contributed by atoms with E-state index in [-0.39, 0.29) is 6.10 Å². The molecule has 0 amide bonds. The standard InChI is InChI=1S/C10H19NO2S/c12-10-3-1-2-9(10)11-8-4-6-14(13)7-5-8/h8-12H,1-7H2/t8?,9-,10-,14?/m1/s1. The Bertz CT molecular complexity index is 212. The van der Waals surface area contributed by atoms with Crippen molar-refractivity contribution in [2.45, 2.75) is 50.3 Å². The summed E-state index contributed by atoms with van der Waals surface area (Å²) in [6.45, 7) is 0. The van der Waals surface area contributed by atoms with E-state index in [1.807, 2.05) is 0 Å². The molecule has 1 aliphatic heterocycles. The molecule has 0 unspecified atom stereocenters. The summed E-state index contributed by atoms with van der Waals surface area (Å²) in [6.07, 6.45) is 5.04. The molecule has 3 nitrogen and oxygen atoms in total. The molecule has 2 N–H and O–H groups in total. The zero-order valence-electron chi connectivity index (χ0n) is 8.45. The maximum Gasteiger partial charge on any atom is 0.0693 e. The Morgan fingerprint density at radius 1 is 1.14 bits per heavy atom. The van der Waals surface area contributed by atoms with E-state index in [1.165, 1.54) is 0 Å². The normalized spacial score (nSPS) is 44.1. The molecule has 1 aliphatic carbocycles. The second-order valence-electron chi connectivity index (χ2n) is 4.39. The van der Waals surface area contributed by atoms with Crippen LogP contribution in [0.2, 0.25) is 0 Å². The third kappa shape index (κ3) is 2.55. The Balaban J connectivity index is 1.77. The van der Waals surface area contributed by atoms with Crippen LogP contribution in [0.15, 0.2) is 0 Å².